The highest BCUT2D eigenvalue weighted by atomic mass is 16.4. The minimum absolute atomic E-state index is 0.00632. The predicted octanol–water partition coefficient (Wildman–Crippen LogP) is -0.863. The summed E-state index contributed by atoms with van der Waals surface area (Å²) in [5, 5.41) is 18.4. The van der Waals surface area contributed by atoms with Gasteiger partial charge in [-0.05, 0) is 0 Å². The van der Waals surface area contributed by atoms with E-state index in [1.54, 1.807) is 0 Å². The van der Waals surface area contributed by atoms with Crippen molar-refractivity contribution in [3.05, 3.63) is 24.3 Å². The van der Waals surface area contributed by atoms with Gasteiger partial charge in [0.2, 0.25) is 0 Å². The summed E-state index contributed by atoms with van der Waals surface area (Å²) in [5.74, 6) is -1.65. The lowest BCUT2D eigenvalue weighted by Gasteiger charge is -2.20. The highest BCUT2D eigenvalue weighted by Gasteiger charge is 2.39. The number of hydrogen-bond donors (Lipinski definition) is 2. The van der Waals surface area contributed by atoms with Crippen molar-refractivity contribution in [1.82, 2.24) is 14.9 Å². The summed E-state index contributed by atoms with van der Waals surface area (Å²) in [6, 6.07) is -1.00. The molecule has 0 spiro atoms. The number of carboxylic acid groups (broad SMARTS) is 1. The summed E-state index contributed by atoms with van der Waals surface area (Å²) in [7, 11) is 0. The summed E-state index contributed by atoms with van der Waals surface area (Å²) in [6.45, 7) is 0.00632. The third-order valence-electron chi connectivity index (χ3n) is 2.61. The van der Waals surface area contributed by atoms with Crippen LogP contribution in [-0.2, 0) is 4.79 Å². The average molecular weight is 237 g/mol. The fourth-order valence-electron chi connectivity index (χ4n) is 1.83. The number of aliphatic hydroxyl groups is 1. The molecule has 1 amide bonds. The molecule has 1 aromatic heterocycles. The fourth-order valence-corrected chi connectivity index (χ4v) is 1.83. The van der Waals surface area contributed by atoms with Gasteiger partial charge in [-0.3, -0.25) is 9.78 Å². The zero-order valence-electron chi connectivity index (χ0n) is 8.85. The molecule has 7 heteroatoms. The van der Waals surface area contributed by atoms with Crippen molar-refractivity contribution in [2.75, 3.05) is 6.54 Å². The Labute approximate surface area is 96.7 Å². The van der Waals surface area contributed by atoms with E-state index in [4.69, 9.17) is 5.11 Å². The Morgan fingerprint density at radius 1 is 1.41 bits per heavy atom. The third-order valence-corrected chi connectivity index (χ3v) is 2.61. The number of amides is 1. The molecule has 0 saturated carbocycles. The molecule has 1 aromatic rings. The first-order valence-corrected chi connectivity index (χ1v) is 5.07. The number of rotatable bonds is 2. The minimum Gasteiger partial charge on any atom is -0.480 e. The summed E-state index contributed by atoms with van der Waals surface area (Å²) in [6.07, 6.45) is 3.28. The van der Waals surface area contributed by atoms with E-state index in [0.717, 1.165) is 4.90 Å². The number of aromatic nitrogens is 2. The van der Waals surface area contributed by atoms with Gasteiger partial charge in [-0.25, -0.2) is 9.78 Å². The van der Waals surface area contributed by atoms with Crippen LogP contribution in [0.1, 0.15) is 16.9 Å². The number of aliphatic carboxylic acids is 1. The second-order valence-electron chi connectivity index (χ2n) is 3.79. The monoisotopic (exact) mass is 237 g/mol. The molecule has 17 heavy (non-hydrogen) atoms. The Hall–Kier alpha value is -2.02. The van der Waals surface area contributed by atoms with Crippen molar-refractivity contribution in [3.63, 3.8) is 0 Å². The number of carbonyl (C=O) groups excluding carboxylic acids is 1. The second kappa shape index (κ2) is 4.46. The number of aliphatic hydroxyl groups excluding tert-OH is 1. The lowest BCUT2D eigenvalue weighted by molar-refractivity contribution is -0.141. The topological polar surface area (TPSA) is 104 Å². The Morgan fingerprint density at radius 2 is 2.18 bits per heavy atom. The summed E-state index contributed by atoms with van der Waals surface area (Å²) < 4.78 is 0. The molecule has 2 atom stereocenters. The summed E-state index contributed by atoms with van der Waals surface area (Å²) in [4.78, 5) is 31.6. The lowest BCUT2D eigenvalue weighted by atomic mass is 10.2. The van der Waals surface area contributed by atoms with E-state index < -0.39 is 24.0 Å². The van der Waals surface area contributed by atoms with E-state index in [1.165, 1.54) is 18.6 Å². The van der Waals surface area contributed by atoms with Crippen LogP contribution in [0, 0.1) is 0 Å². The molecule has 0 aliphatic carbocycles. The molecule has 0 bridgehead atoms. The van der Waals surface area contributed by atoms with Gasteiger partial charge in [0, 0.05) is 25.4 Å². The van der Waals surface area contributed by atoms with Crippen LogP contribution in [0.5, 0.6) is 0 Å². The largest absolute Gasteiger partial charge is 0.480 e. The Bertz CT molecular complexity index is 436. The van der Waals surface area contributed by atoms with Crippen LogP contribution >= 0.6 is 0 Å². The van der Waals surface area contributed by atoms with Crippen molar-refractivity contribution in [3.8, 4) is 0 Å². The maximum absolute atomic E-state index is 12.0. The van der Waals surface area contributed by atoms with Gasteiger partial charge < -0.3 is 15.1 Å². The zero-order chi connectivity index (χ0) is 12.4. The van der Waals surface area contributed by atoms with Crippen LogP contribution in [0.4, 0.5) is 0 Å². The van der Waals surface area contributed by atoms with Crippen molar-refractivity contribution in [2.24, 2.45) is 0 Å². The van der Waals surface area contributed by atoms with E-state index in [0.29, 0.717) is 0 Å². The van der Waals surface area contributed by atoms with Gasteiger partial charge in [0.25, 0.3) is 5.91 Å². The van der Waals surface area contributed by atoms with E-state index >= 15 is 0 Å². The summed E-state index contributed by atoms with van der Waals surface area (Å²) in [5.41, 5.74) is 0.0767. The molecular formula is C10H11N3O4. The van der Waals surface area contributed by atoms with Crippen molar-refractivity contribution in [2.45, 2.75) is 18.6 Å². The predicted molar refractivity (Wildman–Crippen MR) is 55.1 cm³/mol. The van der Waals surface area contributed by atoms with Gasteiger partial charge in [0.05, 0.1) is 12.3 Å². The van der Waals surface area contributed by atoms with Crippen LogP contribution in [0.2, 0.25) is 0 Å². The summed E-state index contributed by atoms with van der Waals surface area (Å²) >= 11 is 0. The number of β-amino-alcohol motifs (C(OH)–C–C–N with tert-alkyl or cyclic N) is 1. The van der Waals surface area contributed by atoms with Crippen LogP contribution in [0.25, 0.3) is 0 Å². The zero-order valence-corrected chi connectivity index (χ0v) is 8.85. The van der Waals surface area contributed by atoms with Crippen LogP contribution in [-0.4, -0.2) is 55.6 Å². The first-order chi connectivity index (χ1) is 8.09. The van der Waals surface area contributed by atoms with E-state index in [2.05, 4.69) is 9.97 Å². The van der Waals surface area contributed by atoms with Crippen molar-refractivity contribution < 1.29 is 19.8 Å². The van der Waals surface area contributed by atoms with Crippen molar-refractivity contribution >= 4 is 11.9 Å². The molecule has 0 unspecified atom stereocenters. The number of carboxylic acids is 1. The number of likely N-dealkylation sites (tertiary alicyclic amines) is 1. The van der Waals surface area contributed by atoms with Crippen LogP contribution in [0.15, 0.2) is 18.6 Å². The standard InChI is InChI=1S/C10H11N3O4/c14-6-3-8(10(16)17)13(5-6)9(15)7-4-11-1-2-12-7/h1-2,4,6,8,14H,3,5H2,(H,16,17)/t6-,8+/m1/s1. The maximum Gasteiger partial charge on any atom is 0.326 e. The van der Waals surface area contributed by atoms with E-state index in [-0.39, 0.29) is 18.7 Å². The molecule has 1 saturated heterocycles. The van der Waals surface area contributed by atoms with Gasteiger partial charge in [0.15, 0.2) is 0 Å². The first-order valence-electron chi connectivity index (χ1n) is 5.07. The average Bonchev–Trinajstić information content (AvgIpc) is 2.72. The number of hydrogen-bond acceptors (Lipinski definition) is 5. The molecule has 7 nitrogen and oxygen atoms in total. The van der Waals surface area contributed by atoms with Gasteiger partial charge in [-0.2, -0.15) is 0 Å². The number of carbonyl (C=O) groups is 2. The van der Waals surface area contributed by atoms with Crippen LogP contribution < -0.4 is 0 Å². The molecule has 0 radical (unpaired) electrons. The third kappa shape index (κ3) is 2.23. The van der Waals surface area contributed by atoms with Gasteiger partial charge in [-0.15, -0.1) is 0 Å². The van der Waals surface area contributed by atoms with Gasteiger partial charge in [0.1, 0.15) is 11.7 Å². The van der Waals surface area contributed by atoms with Gasteiger partial charge in [-0.1, -0.05) is 0 Å². The molecule has 2 rings (SSSR count). The molecule has 1 aliphatic heterocycles. The maximum atomic E-state index is 12.0. The Morgan fingerprint density at radius 3 is 2.76 bits per heavy atom. The molecule has 0 aromatic carbocycles. The normalized spacial score (nSPS) is 23.7. The first kappa shape index (κ1) is 11.5. The molecule has 2 N–H and O–H groups in total. The smallest absolute Gasteiger partial charge is 0.326 e. The SMILES string of the molecule is O=C(O)[C@@H]1C[C@@H](O)CN1C(=O)c1cnccn1. The number of nitrogens with zero attached hydrogens (tertiary/aromatic N) is 3. The highest BCUT2D eigenvalue weighted by Crippen LogP contribution is 2.19. The quantitative estimate of drug-likeness (QED) is 0.693. The van der Waals surface area contributed by atoms with E-state index in [9.17, 15) is 14.7 Å². The minimum atomic E-state index is -1.13. The van der Waals surface area contributed by atoms with E-state index in [1.807, 2.05) is 0 Å². The second-order valence-corrected chi connectivity index (χ2v) is 3.79. The molecule has 90 valence electrons. The Balaban J connectivity index is 2.22. The molecule has 1 aliphatic rings. The van der Waals surface area contributed by atoms with Crippen LogP contribution in [0.3, 0.4) is 0 Å². The van der Waals surface area contributed by atoms with Crippen molar-refractivity contribution in [1.29, 1.82) is 0 Å². The lowest BCUT2D eigenvalue weighted by Crippen LogP contribution is -2.40. The Kier molecular flexibility index (Phi) is 3.01. The van der Waals surface area contributed by atoms with Gasteiger partial charge >= 0.3 is 5.97 Å². The molecular weight excluding hydrogens is 226 g/mol. The fraction of sp³-hybridized carbons (Fsp3) is 0.400. The molecule has 2 heterocycles. The highest BCUT2D eigenvalue weighted by molar-refractivity contribution is 5.95. The molecule has 1 fully saturated rings.